The molecule has 2 nitrogen and oxygen atoms in total. The zero-order chi connectivity index (χ0) is 12.3. The molecule has 0 bridgehead atoms. The number of hydrogen-bond donors (Lipinski definition) is 1. The van der Waals surface area contributed by atoms with Gasteiger partial charge in [0.1, 0.15) is 5.69 Å². The van der Waals surface area contributed by atoms with Crippen LogP contribution in [-0.4, -0.2) is 17.5 Å². The van der Waals surface area contributed by atoms with Gasteiger partial charge in [-0.15, -0.1) is 0 Å². The average molecular weight is 240 g/mol. The van der Waals surface area contributed by atoms with E-state index in [9.17, 15) is 22.0 Å². The summed E-state index contributed by atoms with van der Waals surface area (Å²) >= 11 is 0. The quantitative estimate of drug-likeness (QED) is 0.823. The van der Waals surface area contributed by atoms with Crippen LogP contribution in [0.3, 0.4) is 0 Å². The van der Waals surface area contributed by atoms with E-state index in [4.69, 9.17) is 5.73 Å². The summed E-state index contributed by atoms with van der Waals surface area (Å²) in [4.78, 5) is 3.14. The van der Waals surface area contributed by atoms with E-state index in [-0.39, 0.29) is 5.56 Å². The second-order valence-corrected chi connectivity index (χ2v) is 3.21. The number of nitrogens with zero attached hydrogens (tertiary/aromatic N) is 1. The molecule has 1 atom stereocenters. The minimum atomic E-state index is -4.65. The molecule has 0 saturated heterocycles. The molecule has 0 spiro atoms. The molecule has 90 valence electrons. The highest BCUT2D eigenvalue weighted by atomic mass is 19.4. The van der Waals surface area contributed by atoms with Gasteiger partial charge in [0.25, 0.3) is 6.43 Å². The molecule has 1 heterocycles. The fraction of sp³-hybridized carbons (Fsp3) is 0.444. The lowest BCUT2D eigenvalue weighted by Gasteiger charge is -2.14. The maximum Gasteiger partial charge on any atom is 0.433 e. The highest BCUT2D eigenvalue weighted by molar-refractivity contribution is 5.23. The molecule has 0 aliphatic rings. The Morgan fingerprint density at radius 2 is 1.94 bits per heavy atom. The van der Waals surface area contributed by atoms with E-state index >= 15 is 0 Å². The monoisotopic (exact) mass is 240 g/mol. The first-order chi connectivity index (χ1) is 7.32. The van der Waals surface area contributed by atoms with E-state index in [0.29, 0.717) is 0 Å². The summed E-state index contributed by atoms with van der Waals surface area (Å²) in [6.07, 6.45) is -7.11. The normalized spacial score (nSPS) is 14.2. The predicted molar refractivity (Wildman–Crippen MR) is 46.9 cm³/mol. The van der Waals surface area contributed by atoms with Crippen molar-refractivity contribution in [2.24, 2.45) is 5.73 Å². The molecule has 1 aromatic heterocycles. The topological polar surface area (TPSA) is 38.9 Å². The highest BCUT2D eigenvalue weighted by Crippen LogP contribution is 2.30. The van der Waals surface area contributed by atoms with Gasteiger partial charge in [0.2, 0.25) is 0 Å². The van der Waals surface area contributed by atoms with Crippen LogP contribution < -0.4 is 5.73 Å². The van der Waals surface area contributed by atoms with Crippen LogP contribution in [0.15, 0.2) is 18.3 Å². The summed E-state index contributed by atoms with van der Waals surface area (Å²) < 4.78 is 61.5. The molecule has 0 radical (unpaired) electrons. The first-order valence-electron chi connectivity index (χ1n) is 4.37. The Hall–Kier alpha value is -1.24. The van der Waals surface area contributed by atoms with Crippen molar-refractivity contribution in [2.45, 2.75) is 25.1 Å². The number of alkyl halides is 5. The second kappa shape index (κ2) is 4.73. The van der Waals surface area contributed by atoms with E-state index < -0.39 is 30.8 Å². The third kappa shape index (κ3) is 3.13. The zero-order valence-electron chi connectivity index (χ0n) is 8.01. The molecule has 0 saturated carbocycles. The van der Waals surface area contributed by atoms with Crippen LogP contribution in [0, 0.1) is 0 Å². The van der Waals surface area contributed by atoms with Crippen molar-refractivity contribution in [3.8, 4) is 0 Å². The fourth-order valence-corrected chi connectivity index (χ4v) is 1.20. The standard InChI is InChI=1S/C9H9F5N2/c10-8(11)6(15)4-5-2-1-3-16-7(5)9(12,13)14/h1-3,6,8H,4,15H2. The van der Waals surface area contributed by atoms with Gasteiger partial charge in [-0.25, -0.2) is 8.78 Å². The molecule has 1 rings (SSSR count). The molecule has 1 aromatic rings. The molecule has 0 aliphatic carbocycles. The van der Waals surface area contributed by atoms with Crippen molar-refractivity contribution in [3.05, 3.63) is 29.6 Å². The molecular formula is C9H9F5N2. The van der Waals surface area contributed by atoms with Crippen molar-refractivity contribution in [3.63, 3.8) is 0 Å². The number of pyridine rings is 1. The van der Waals surface area contributed by atoms with Gasteiger partial charge in [-0.3, -0.25) is 4.98 Å². The highest BCUT2D eigenvalue weighted by Gasteiger charge is 2.35. The third-order valence-electron chi connectivity index (χ3n) is 1.94. The Balaban J connectivity index is 2.96. The van der Waals surface area contributed by atoms with Gasteiger partial charge < -0.3 is 5.73 Å². The van der Waals surface area contributed by atoms with Crippen LogP contribution in [-0.2, 0) is 12.6 Å². The molecule has 16 heavy (non-hydrogen) atoms. The molecule has 2 N–H and O–H groups in total. The predicted octanol–water partition coefficient (Wildman–Crippen LogP) is 2.24. The van der Waals surface area contributed by atoms with Crippen LogP contribution >= 0.6 is 0 Å². The Morgan fingerprint density at radius 1 is 1.31 bits per heavy atom. The molecule has 0 aromatic carbocycles. The summed E-state index contributed by atoms with van der Waals surface area (Å²) in [6, 6.07) is 0.728. The van der Waals surface area contributed by atoms with Crippen LogP contribution in [0.2, 0.25) is 0 Å². The van der Waals surface area contributed by atoms with Gasteiger partial charge in [0.05, 0.1) is 6.04 Å². The van der Waals surface area contributed by atoms with Gasteiger partial charge in [-0.1, -0.05) is 6.07 Å². The minimum Gasteiger partial charge on any atom is -0.323 e. The summed E-state index contributed by atoms with van der Waals surface area (Å²) in [5, 5.41) is 0. The Bertz CT molecular complexity index is 350. The van der Waals surface area contributed by atoms with Crippen LogP contribution in [0.4, 0.5) is 22.0 Å². The van der Waals surface area contributed by atoms with E-state index in [2.05, 4.69) is 4.98 Å². The summed E-state index contributed by atoms with van der Waals surface area (Å²) in [5.41, 5.74) is 3.54. The molecule has 0 aliphatic heterocycles. The molecular weight excluding hydrogens is 231 g/mol. The number of rotatable bonds is 3. The first kappa shape index (κ1) is 12.8. The molecule has 0 fully saturated rings. The third-order valence-corrected chi connectivity index (χ3v) is 1.94. The summed E-state index contributed by atoms with van der Waals surface area (Å²) in [5.74, 6) is 0. The fourth-order valence-electron chi connectivity index (χ4n) is 1.20. The van der Waals surface area contributed by atoms with E-state index in [0.717, 1.165) is 12.3 Å². The van der Waals surface area contributed by atoms with Crippen LogP contribution in [0.5, 0.6) is 0 Å². The average Bonchev–Trinajstić information content (AvgIpc) is 2.16. The largest absolute Gasteiger partial charge is 0.433 e. The Kier molecular flexibility index (Phi) is 3.79. The number of aromatic nitrogens is 1. The second-order valence-electron chi connectivity index (χ2n) is 3.21. The lowest BCUT2D eigenvalue weighted by Crippen LogP contribution is -2.32. The van der Waals surface area contributed by atoms with Gasteiger partial charge in [-0.2, -0.15) is 13.2 Å². The summed E-state index contributed by atoms with van der Waals surface area (Å²) in [7, 11) is 0. The van der Waals surface area contributed by atoms with Gasteiger partial charge in [0, 0.05) is 6.20 Å². The molecule has 0 amide bonds. The Labute approximate surface area is 88.3 Å². The lowest BCUT2D eigenvalue weighted by molar-refractivity contribution is -0.141. The van der Waals surface area contributed by atoms with Crippen molar-refractivity contribution >= 4 is 0 Å². The van der Waals surface area contributed by atoms with E-state index in [1.54, 1.807) is 0 Å². The number of hydrogen-bond acceptors (Lipinski definition) is 2. The Morgan fingerprint density at radius 3 is 2.44 bits per heavy atom. The smallest absolute Gasteiger partial charge is 0.323 e. The summed E-state index contributed by atoms with van der Waals surface area (Å²) in [6.45, 7) is 0. The minimum absolute atomic E-state index is 0.317. The lowest BCUT2D eigenvalue weighted by atomic mass is 10.0. The van der Waals surface area contributed by atoms with Crippen molar-refractivity contribution in [1.29, 1.82) is 0 Å². The van der Waals surface area contributed by atoms with Gasteiger partial charge in [0.15, 0.2) is 0 Å². The van der Waals surface area contributed by atoms with Crippen molar-refractivity contribution in [1.82, 2.24) is 4.98 Å². The zero-order valence-corrected chi connectivity index (χ0v) is 8.01. The van der Waals surface area contributed by atoms with Gasteiger partial charge in [-0.05, 0) is 18.1 Å². The number of halogens is 5. The molecule has 1 unspecified atom stereocenters. The van der Waals surface area contributed by atoms with E-state index in [1.165, 1.54) is 6.07 Å². The van der Waals surface area contributed by atoms with Crippen molar-refractivity contribution in [2.75, 3.05) is 0 Å². The van der Waals surface area contributed by atoms with Crippen molar-refractivity contribution < 1.29 is 22.0 Å². The molecule has 7 heteroatoms. The maximum atomic E-state index is 12.4. The maximum absolute atomic E-state index is 12.4. The number of nitrogens with two attached hydrogens (primary N) is 1. The van der Waals surface area contributed by atoms with E-state index in [1.807, 2.05) is 0 Å². The SMILES string of the molecule is NC(Cc1cccnc1C(F)(F)F)C(F)F. The first-order valence-corrected chi connectivity index (χ1v) is 4.37. The van der Waals surface area contributed by atoms with Crippen LogP contribution in [0.25, 0.3) is 0 Å². The van der Waals surface area contributed by atoms with Crippen LogP contribution in [0.1, 0.15) is 11.3 Å². The van der Waals surface area contributed by atoms with Gasteiger partial charge >= 0.3 is 6.18 Å².